The summed E-state index contributed by atoms with van der Waals surface area (Å²) in [6, 6.07) is 7.13. The normalized spacial score (nSPS) is 16.0. The summed E-state index contributed by atoms with van der Waals surface area (Å²) in [6.07, 6.45) is 2.37. The number of pyridine rings is 1. The molecule has 1 aliphatic heterocycles. The number of nitrogens with zero attached hydrogens (tertiary/aromatic N) is 3. The lowest BCUT2D eigenvalue weighted by Crippen LogP contribution is -2.20. The van der Waals surface area contributed by atoms with Gasteiger partial charge in [-0.3, -0.25) is 9.67 Å². The Morgan fingerprint density at radius 2 is 2.00 bits per heavy atom. The Morgan fingerprint density at radius 3 is 2.76 bits per heavy atom. The number of halogens is 2. The summed E-state index contributed by atoms with van der Waals surface area (Å²) in [7, 11) is 0. The van der Waals surface area contributed by atoms with Crippen LogP contribution in [0.15, 0.2) is 36.7 Å². The zero-order chi connectivity index (χ0) is 17.4. The van der Waals surface area contributed by atoms with Crippen molar-refractivity contribution in [3.63, 3.8) is 0 Å². The molecule has 0 aliphatic carbocycles. The molecule has 0 saturated carbocycles. The van der Waals surface area contributed by atoms with Crippen LogP contribution in [-0.4, -0.2) is 28.0 Å². The highest BCUT2D eigenvalue weighted by atomic mass is 19.3. The number of aromatic nitrogens is 3. The summed E-state index contributed by atoms with van der Waals surface area (Å²) >= 11 is 0. The van der Waals surface area contributed by atoms with E-state index in [0.717, 1.165) is 37.0 Å². The number of nitrogen functional groups attached to an aromatic ring is 1. The molecule has 1 aromatic carbocycles. The Hall–Kier alpha value is -2.54. The minimum Gasteiger partial charge on any atom is -0.398 e. The van der Waals surface area contributed by atoms with Crippen LogP contribution in [-0.2, 0) is 4.74 Å². The summed E-state index contributed by atoms with van der Waals surface area (Å²) in [6.45, 7) is 1.44. The lowest BCUT2D eigenvalue weighted by Gasteiger charge is -2.23. The van der Waals surface area contributed by atoms with Crippen molar-refractivity contribution in [3.05, 3.63) is 42.4 Å². The molecule has 25 heavy (non-hydrogen) atoms. The second-order valence-corrected chi connectivity index (χ2v) is 6.20. The Bertz CT molecular complexity index is 903. The summed E-state index contributed by atoms with van der Waals surface area (Å²) in [4.78, 5) is 3.72. The molecule has 0 radical (unpaired) electrons. The third-order valence-electron chi connectivity index (χ3n) is 4.62. The molecule has 3 aromatic rings. The number of benzene rings is 1. The van der Waals surface area contributed by atoms with E-state index in [-0.39, 0.29) is 11.7 Å². The molecule has 7 heteroatoms. The zero-order valence-electron chi connectivity index (χ0n) is 13.5. The van der Waals surface area contributed by atoms with Crippen LogP contribution in [0, 0.1) is 0 Å². The second-order valence-electron chi connectivity index (χ2n) is 6.20. The molecule has 1 fully saturated rings. The molecule has 0 bridgehead atoms. The maximum absolute atomic E-state index is 13.0. The van der Waals surface area contributed by atoms with Gasteiger partial charge < -0.3 is 10.5 Å². The first-order valence-corrected chi connectivity index (χ1v) is 8.22. The van der Waals surface area contributed by atoms with Crippen molar-refractivity contribution in [2.75, 3.05) is 18.9 Å². The van der Waals surface area contributed by atoms with Gasteiger partial charge in [0, 0.05) is 36.0 Å². The van der Waals surface area contributed by atoms with Crippen LogP contribution in [0.3, 0.4) is 0 Å². The first kappa shape index (κ1) is 16.0. The van der Waals surface area contributed by atoms with Crippen molar-refractivity contribution >= 4 is 16.6 Å². The van der Waals surface area contributed by atoms with Gasteiger partial charge in [-0.15, -0.1) is 0 Å². The number of ether oxygens (including phenoxy) is 1. The van der Waals surface area contributed by atoms with Crippen LogP contribution >= 0.6 is 0 Å². The smallest absolute Gasteiger partial charge is 0.280 e. The Labute approximate surface area is 143 Å². The number of anilines is 1. The van der Waals surface area contributed by atoms with Crippen LogP contribution < -0.4 is 5.73 Å². The molecular formula is C18H18F2N4O. The predicted molar refractivity (Wildman–Crippen MR) is 91.4 cm³/mol. The zero-order valence-corrected chi connectivity index (χ0v) is 13.5. The minimum atomic E-state index is -2.61. The molecule has 2 aromatic heterocycles. The third-order valence-corrected chi connectivity index (χ3v) is 4.62. The molecule has 2 N–H and O–H groups in total. The SMILES string of the molecule is Nc1cc2cnn(C3CCOCC3)c2cc1-c1ccnc(C(F)F)c1. The van der Waals surface area contributed by atoms with Crippen LogP contribution in [0.25, 0.3) is 22.0 Å². The van der Waals surface area contributed by atoms with E-state index in [4.69, 9.17) is 10.5 Å². The maximum Gasteiger partial charge on any atom is 0.280 e. The van der Waals surface area contributed by atoms with Crippen molar-refractivity contribution in [1.29, 1.82) is 0 Å². The molecule has 0 atom stereocenters. The molecule has 1 saturated heterocycles. The van der Waals surface area contributed by atoms with Crippen molar-refractivity contribution in [1.82, 2.24) is 14.8 Å². The summed E-state index contributed by atoms with van der Waals surface area (Å²) in [5.74, 6) is 0. The lowest BCUT2D eigenvalue weighted by atomic mass is 10.0. The Morgan fingerprint density at radius 1 is 1.20 bits per heavy atom. The van der Waals surface area contributed by atoms with E-state index in [9.17, 15) is 8.78 Å². The first-order chi connectivity index (χ1) is 12.1. The van der Waals surface area contributed by atoms with Gasteiger partial charge in [0.05, 0.1) is 17.8 Å². The van der Waals surface area contributed by atoms with Gasteiger partial charge in [-0.1, -0.05) is 0 Å². The molecule has 5 nitrogen and oxygen atoms in total. The van der Waals surface area contributed by atoms with Crippen LogP contribution in [0.4, 0.5) is 14.5 Å². The highest BCUT2D eigenvalue weighted by Crippen LogP contribution is 2.34. The van der Waals surface area contributed by atoms with E-state index in [2.05, 4.69) is 10.1 Å². The molecule has 4 rings (SSSR count). The average molecular weight is 344 g/mol. The van der Waals surface area contributed by atoms with Gasteiger partial charge in [-0.05, 0) is 42.7 Å². The van der Waals surface area contributed by atoms with E-state index in [1.807, 2.05) is 16.8 Å². The highest BCUT2D eigenvalue weighted by Gasteiger charge is 2.19. The Kier molecular flexibility index (Phi) is 4.09. The molecule has 1 aliphatic rings. The summed E-state index contributed by atoms with van der Waals surface area (Å²) in [5.41, 5.74) is 8.74. The molecular weight excluding hydrogens is 326 g/mol. The first-order valence-electron chi connectivity index (χ1n) is 8.22. The van der Waals surface area contributed by atoms with E-state index in [1.165, 1.54) is 12.3 Å². The van der Waals surface area contributed by atoms with Gasteiger partial charge in [0.2, 0.25) is 0 Å². The summed E-state index contributed by atoms with van der Waals surface area (Å²) in [5, 5.41) is 5.45. The second kappa shape index (κ2) is 6.40. The van der Waals surface area contributed by atoms with E-state index in [0.29, 0.717) is 16.8 Å². The number of hydrogen-bond donors (Lipinski definition) is 1. The van der Waals surface area contributed by atoms with Gasteiger partial charge in [-0.25, -0.2) is 8.78 Å². The van der Waals surface area contributed by atoms with Gasteiger partial charge in [0.15, 0.2) is 0 Å². The monoisotopic (exact) mass is 344 g/mol. The molecule has 130 valence electrons. The number of nitrogens with two attached hydrogens (primary N) is 1. The molecule has 3 heterocycles. The van der Waals surface area contributed by atoms with E-state index in [1.54, 1.807) is 12.3 Å². The fraction of sp³-hybridized carbons (Fsp3) is 0.333. The minimum absolute atomic E-state index is 0.255. The molecule has 0 spiro atoms. The highest BCUT2D eigenvalue weighted by molar-refractivity contribution is 5.91. The Balaban J connectivity index is 1.81. The van der Waals surface area contributed by atoms with Crippen molar-refractivity contribution in [2.45, 2.75) is 25.3 Å². The van der Waals surface area contributed by atoms with E-state index >= 15 is 0 Å². The molecule has 0 amide bonds. The van der Waals surface area contributed by atoms with E-state index < -0.39 is 6.43 Å². The van der Waals surface area contributed by atoms with Gasteiger partial charge in [0.1, 0.15) is 5.69 Å². The van der Waals surface area contributed by atoms with Crippen LogP contribution in [0.1, 0.15) is 31.0 Å². The van der Waals surface area contributed by atoms with Crippen molar-refractivity contribution in [3.8, 4) is 11.1 Å². The lowest BCUT2D eigenvalue weighted by molar-refractivity contribution is 0.0675. The topological polar surface area (TPSA) is 66.0 Å². The standard InChI is InChI=1S/C18H18F2N4O/c19-18(20)16-8-11(1-4-22-16)14-9-17-12(7-15(14)21)10-23-24(17)13-2-5-25-6-3-13/h1,4,7-10,13,18H,2-3,5-6,21H2. The fourth-order valence-corrected chi connectivity index (χ4v) is 3.32. The third kappa shape index (κ3) is 2.95. The number of alkyl halides is 2. The van der Waals surface area contributed by atoms with Gasteiger partial charge in [-0.2, -0.15) is 5.10 Å². The molecule has 0 unspecified atom stereocenters. The van der Waals surface area contributed by atoms with Gasteiger partial charge >= 0.3 is 0 Å². The predicted octanol–water partition coefficient (Wildman–Crippen LogP) is 3.97. The number of rotatable bonds is 3. The van der Waals surface area contributed by atoms with Gasteiger partial charge in [0.25, 0.3) is 6.43 Å². The van der Waals surface area contributed by atoms with Crippen LogP contribution in [0.5, 0.6) is 0 Å². The average Bonchev–Trinajstić information content (AvgIpc) is 3.04. The summed E-state index contributed by atoms with van der Waals surface area (Å²) < 4.78 is 33.3. The largest absolute Gasteiger partial charge is 0.398 e. The maximum atomic E-state index is 13.0. The fourth-order valence-electron chi connectivity index (χ4n) is 3.32. The van der Waals surface area contributed by atoms with Crippen LogP contribution in [0.2, 0.25) is 0 Å². The van der Waals surface area contributed by atoms with Crippen molar-refractivity contribution < 1.29 is 13.5 Å². The van der Waals surface area contributed by atoms with Crippen molar-refractivity contribution in [2.24, 2.45) is 0 Å². The number of fused-ring (bicyclic) bond motifs is 1. The number of hydrogen-bond acceptors (Lipinski definition) is 4. The quantitative estimate of drug-likeness (QED) is 0.730.